The van der Waals surface area contributed by atoms with Crippen molar-refractivity contribution in [1.82, 2.24) is 14.2 Å². The molecule has 0 saturated carbocycles. The molecule has 1 fully saturated rings. The van der Waals surface area contributed by atoms with E-state index in [1.165, 1.54) is 19.3 Å². The lowest BCUT2D eigenvalue weighted by atomic mass is 10.1. The van der Waals surface area contributed by atoms with Gasteiger partial charge in [0.15, 0.2) is 0 Å². The number of sulfonamides is 1. The van der Waals surface area contributed by atoms with Crippen LogP contribution >= 0.6 is 11.3 Å². The number of benzene rings is 2. The molecular formula is C23H29N3O3S2. The molecule has 1 aromatic heterocycles. The van der Waals surface area contributed by atoms with Gasteiger partial charge in [-0.1, -0.05) is 48.9 Å². The molecule has 0 radical (unpaired) electrons. The standard InChI is InChI=1S/C23H29N3O3S2/c1-2-12-26-21-11-10-20(15-22(21)30-23(26)27)31(28,29)24-16-18-8-4-5-9-19(18)17-25-13-6-3-7-14-25/h4-5,8-11,15,24H,2-3,6-7,12-14,16-17H2,1H3. The zero-order chi connectivity index (χ0) is 21.8. The molecule has 2 aromatic carbocycles. The third-order valence-corrected chi connectivity index (χ3v) is 8.15. The van der Waals surface area contributed by atoms with E-state index in [0.717, 1.165) is 54.0 Å². The highest BCUT2D eigenvalue weighted by Gasteiger charge is 2.18. The average molecular weight is 460 g/mol. The molecular weight excluding hydrogens is 430 g/mol. The van der Waals surface area contributed by atoms with Crippen LogP contribution in [0, 0.1) is 0 Å². The SMILES string of the molecule is CCCn1c(=O)sc2cc(S(=O)(=O)NCc3ccccc3CN3CCCCC3)ccc21. The molecule has 0 amide bonds. The van der Waals surface area contributed by atoms with Crippen LogP contribution < -0.4 is 9.60 Å². The van der Waals surface area contributed by atoms with Crippen molar-refractivity contribution < 1.29 is 8.42 Å². The van der Waals surface area contributed by atoms with Crippen LogP contribution in [-0.2, 0) is 29.7 Å². The molecule has 4 rings (SSSR count). The highest BCUT2D eigenvalue weighted by Crippen LogP contribution is 2.23. The van der Waals surface area contributed by atoms with Crippen molar-refractivity contribution >= 4 is 31.6 Å². The van der Waals surface area contributed by atoms with E-state index < -0.39 is 10.0 Å². The van der Waals surface area contributed by atoms with Crippen molar-refractivity contribution in [2.75, 3.05) is 13.1 Å². The molecule has 2 heterocycles. The van der Waals surface area contributed by atoms with Gasteiger partial charge in [-0.15, -0.1) is 0 Å². The van der Waals surface area contributed by atoms with Gasteiger partial charge in [0.25, 0.3) is 0 Å². The van der Waals surface area contributed by atoms with E-state index in [-0.39, 0.29) is 16.3 Å². The molecule has 0 atom stereocenters. The van der Waals surface area contributed by atoms with Gasteiger partial charge >= 0.3 is 4.87 Å². The van der Waals surface area contributed by atoms with Crippen LogP contribution in [0.1, 0.15) is 43.7 Å². The Bertz CT molecular complexity index is 1210. The molecule has 6 nitrogen and oxygen atoms in total. The summed E-state index contributed by atoms with van der Waals surface area (Å²) in [5.74, 6) is 0. The fourth-order valence-electron chi connectivity index (χ4n) is 4.15. The number of nitrogens with one attached hydrogen (secondary N) is 1. The second-order valence-corrected chi connectivity index (χ2v) is 10.8. The van der Waals surface area contributed by atoms with E-state index >= 15 is 0 Å². The average Bonchev–Trinajstić information content (AvgIpc) is 3.09. The summed E-state index contributed by atoms with van der Waals surface area (Å²) in [4.78, 5) is 14.8. The van der Waals surface area contributed by atoms with E-state index in [1.54, 1.807) is 22.8 Å². The molecule has 1 saturated heterocycles. The van der Waals surface area contributed by atoms with Crippen molar-refractivity contribution in [2.24, 2.45) is 0 Å². The topological polar surface area (TPSA) is 71.4 Å². The number of fused-ring (bicyclic) bond motifs is 1. The van der Waals surface area contributed by atoms with Crippen LogP contribution in [0.5, 0.6) is 0 Å². The molecule has 0 spiro atoms. The highest BCUT2D eigenvalue weighted by molar-refractivity contribution is 7.89. The van der Waals surface area contributed by atoms with Crippen molar-refractivity contribution in [3.63, 3.8) is 0 Å². The number of hydrogen-bond donors (Lipinski definition) is 1. The van der Waals surface area contributed by atoms with Gasteiger partial charge < -0.3 is 0 Å². The normalized spacial score (nSPS) is 15.5. The number of nitrogens with zero attached hydrogens (tertiary/aromatic N) is 2. The number of aromatic nitrogens is 1. The number of rotatable bonds is 8. The first-order valence-corrected chi connectivity index (χ1v) is 13.2. The molecule has 1 N–H and O–H groups in total. The van der Waals surface area contributed by atoms with Gasteiger partial charge in [-0.3, -0.25) is 14.3 Å². The van der Waals surface area contributed by atoms with E-state index in [9.17, 15) is 13.2 Å². The predicted molar refractivity (Wildman–Crippen MR) is 126 cm³/mol. The number of likely N-dealkylation sites (tertiary alicyclic amines) is 1. The largest absolute Gasteiger partial charge is 0.308 e. The van der Waals surface area contributed by atoms with Gasteiger partial charge in [-0.25, -0.2) is 13.1 Å². The van der Waals surface area contributed by atoms with Crippen molar-refractivity contribution in [2.45, 2.75) is 57.1 Å². The van der Waals surface area contributed by atoms with Crippen molar-refractivity contribution in [3.05, 3.63) is 63.3 Å². The van der Waals surface area contributed by atoms with Gasteiger partial charge in [-0.05, 0) is 61.7 Å². The minimum absolute atomic E-state index is 0.0500. The molecule has 0 bridgehead atoms. The maximum absolute atomic E-state index is 13.0. The molecule has 3 aromatic rings. The Morgan fingerprint density at radius 3 is 2.52 bits per heavy atom. The summed E-state index contributed by atoms with van der Waals surface area (Å²) in [7, 11) is -3.68. The summed E-state index contributed by atoms with van der Waals surface area (Å²) in [6.45, 7) is 5.94. The number of thiazole rings is 1. The fourth-order valence-corrected chi connectivity index (χ4v) is 6.21. The Balaban J connectivity index is 1.51. The third-order valence-electron chi connectivity index (χ3n) is 5.81. The fraction of sp³-hybridized carbons (Fsp3) is 0.435. The van der Waals surface area contributed by atoms with Crippen molar-refractivity contribution in [3.8, 4) is 0 Å². The van der Waals surface area contributed by atoms with E-state index in [2.05, 4.69) is 15.7 Å². The highest BCUT2D eigenvalue weighted by atomic mass is 32.2. The first-order chi connectivity index (χ1) is 15.0. The van der Waals surface area contributed by atoms with Gasteiger partial charge in [-0.2, -0.15) is 0 Å². The minimum Gasteiger partial charge on any atom is -0.299 e. The summed E-state index contributed by atoms with van der Waals surface area (Å²) < 4.78 is 31.1. The lowest BCUT2D eigenvalue weighted by molar-refractivity contribution is 0.220. The van der Waals surface area contributed by atoms with Crippen LogP contribution in [0.25, 0.3) is 10.2 Å². The van der Waals surface area contributed by atoms with Gasteiger partial charge in [0.1, 0.15) is 0 Å². The number of aryl methyl sites for hydroxylation is 1. The summed E-state index contributed by atoms with van der Waals surface area (Å²) in [6, 6.07) is 13.0. The van der Waals surface area contributed by atoms with Crippen molar-refractivity contribution in [1.29, 1.82) is 0 Å². The van der Waals surface area contributed by atoms with Crippen LogP contribution in [0.2, 0.25) is 0 Å². The van der Waals surface area contributed by atoms with E-state index in [0.29, 0.717) is 11.2 Å². The third kappa shape index (κ3) is 5.09. The molecule has 31 heavy (non-hydrogen) atoms. The maximum atomic E-state index is 13.0. The smallest absolute Gasteiger partial charge is 0.299 e. The van der Waals surface area contributed by atoms with Gasteiger partial charge in [0.2, 0.25) is 10.0 Å². The number of hydrogen-bond acceptors (Lipinski definition) is 5. The predicted octanol–water partition coefficient (Wildman–Crippen LogP) is 3.94. The quantitative estimate of drug-likeness (QED) is 0.554. The maximum Gasteiger partial charge on any atom is 0.308 e. The van der Waals surface area contributed by atoms with Gasteiger partial charge in [0.05, 0.1) is 15.1 Å². The zero-order valence-corrected chi connectivity index (χ0v) is 19.5. The molecule has 166 valence electrons. The van der Waals surface area contributed by atoms with Crippen LogP contribution in [-0.4, -0.2) is 31.0 Å². The molecule has 1 aliphatic rings. The summed E-state index contributed by atoms with van der Waals surface area (Å²) in [5, 5.41) is 0. The minimum atomic E-state index is -3.68. The summed E-state index contributed by atoms with van der Waals surface area (Å²) >= 11 is 1.09. The number of piperidine rings is 1. The van der Waals surface area contributed by atoms with Gasteiger partial charge in [0, 0.05) is 19.6 Å². The lowest BCUT2D eigenvalue weighted by Crippen LogP contribution is -2.30. The Morgan fingerprint density at radius 2 is 1.77 bits per heavy atom. The Morgan fingerprint density at radius 1 is 1.03 bits per heavy atom. The second-order valence-electron chi connectivity index (χ2n) is 8.08. The van der Waals surface area contributed by atoms with Crippen LogP contribution in [0.3, 0.4) is 0 Å². The zero-order valence-electron chi connectivity index (χ0n) is 17.8. The first-order valence-electron chi connectivity index (χ1n) is 10.9. The van der Waals surface area contributed by atoms with E-state index in [4.69, 9.17) is 0 Å². The monoisotopic (exact) mass is 459 g/mol. The lowest BCUT2D eigenvalue weighted by Gasteiger charge is -2.27. The first kappa shape index (κ1) is 22.2. The van der Waals surface area contributed by atoms with Crippen LogP contribution in [0.15, 0.2) is 52.2 Å². The Kier molecular flexibility index (Phi) is 6.91. The molecule has 0 aliphatic carbocycles. The Hall–Kier alpha value is -2.00. The summed E-state index contributed by atoms with van der Waals surface area (Å²) in [5.41, 5.74) is 2.96. The Labute approximate surface area is 187 Å². The molecule has 8 heteroatoms. The molecule has 0 unspecified atom stereocenters. The van der Waals surface area contributed by atoms with Crippen LogP contribution in [0.4, 0.5) is 0 Å². The summed E-state index contributed by atoms with van der Waals surface area (Å²) in [6.07, 6.45) is 4.59. The van der Waals surface area contributed by atoms with E-state index in [1.807, 2.05) is 25.1 Å². The second kappa shape index (κ2) is 9.65. The molecule has 1 aliphatic heterocycles.